The summed E-state index contributed by atoms with van der Waals surface area (Å²) in [5.74, 6) is -0.0178. The summed E-state index contributed by atoms with van der Waals surface area (Å²) in [6.07, 6.45) is 8.47. The molecule has 5 nitrogen and oxygen atoms in total. The molecule has 8 unspecified atom stereocenters. The first kappa shape index (κ1) is 25.7. The number of fused-ring (bicyclic) bond motifs is 7. The highest BCUT2D eigenvalue weighted by Gasteiger charge is 2.72. The van der Waals surface area contributed by atoms with Crippen LogP contribution in [0.1, 0.15) is 99.8 Å². The molecule has 8 atom stereocenters. The van der Waals surface area contributed by atoms with E-state index in [0.29, 0.717) is 6.42 Å². The Morgan fingerprint density at radius 2 is 1.58 bits per heavy atom. The van der Waals surface area contributed by atoms with E-state index in [4.69, 9.17) is 5.73 Å². The van der Waals surface area contributed by atoms with E-state index in [1.165, 1.54) is 0 Å². The number of primary amides is 1. The van der Waals surface area contributed by atoms with Gasteiger partial charge in [0.15, 0.2) is 5.78 Å². The van der Waals surface area contributed by atoms with E-state index < -0.39 is 16.2 Å². The Hall–Kier alpha value is -1.96. The molecule has 36 heavy (non-hydrogen) atoms. The van der Waals surface area contributed by atoms with Gasteiger partial charge in [-0.25, -0.2) is 0 Å². The zero-order chi connectivity index (χ0) is 26.7. The second-order valence-corrected chi connectivity index (χ2v) is 15.2. The Bertz CT molecular complexity index is 1130. The van der Waals surface area contributed by atoms with Crippen LogP contribution >= 0.6 is 0 Å². The van der Waals surface area contributed by atoms with E-state index in [1.54, 1.807) is 0 Å². The number of allylic oxidation sites excluding steroid dienone is 2. The van der Waals surface area contributed by atoms with Crippen molar-refractivity contribution in [2.24, 2.45) is 61.9 Å². The molecule has 0 saturated heterocycles. The van der Waals surface area contributed by atoms with Crippen LogP contribution in [0.25, 0.3) is 0 Å². The summed E-state index contributed by atoms with van der Waals surface area (Å²) in [6.45, 7) is 15.4. The first-order chi connectivity index (χ1) is 16.5. The molecule has 5 heteroatoms. The number of nitrogens with zero attached hydrogens (tertiary/aromatic N) is 1. The molecule has 0 aromatic carbocycles. The van der Waals surface area contributed by atoms with Crippen LogP contribution in [-0.2, 0) is 14.4 Å². The predicted octanol–water partition coefficient (Wildman–Crippen LogP) is 5.77. The van der Waals surface area contributed by atoms with Gasteiger partial charge in [-0.2, -0.15) is 5.26 Å². The maximum atomic E-state index is 14.4. The first-order valence-corrected chi connectivity index (χ1v) is 14.0. The van der Waals surface area contributed by atoms with Crippen LogP contribution in [-0.4, -0.2) is 17.5 Å². The summed E-state index contributed by atoms with van der Waals surface area (Å²) in [7, 11) is 0. The van der Waals surface area contributed by atoms with Crippen molar-refractivity contribution < 1.29 is 14.4 Å². The molecule has 4 fully saturated rings. The van der Waals surface area contributed by atoms with Gasteiger partial charge in [-0.15, -0.1) is 0 Å². The normalized spacial score (nSPS) is 48.9. The quantitative estimate of drug-likeness (QED) is 0.502. The van der Waals surface area contributed by atoms with E-state index >= 15 is 0 Å². The van der Waals surface area contributed by atoms with Gasteiger partial charge in [0.05, 0.1) is 11.0 Å². The van der Waals surface area contributed by atoms with E-state index in [-0.39, 0.29) is 63.0 Å². The fraction of sp³-hybridized carbons (Fsp3) is 0.806. The maximum absolute atomic E-state index is 14.4. The van der Waals surface area contributed by atoms with Crippen LogP contribution in [0.15, 0.2) is 11.6 Å². The lowest BCUT2D eigenvalue weighted by molar-refractivity contribution is -0.221. The largest absolute Gasteiger partial charge is 0.369 e. The average Bonchev–Trinajstić information content (AvgIpc) is 2.77. The smallest absolute Gasteiger partial charge is 0.223 e. The lowest BCUT2D eigenvalue weighted by Gasteiger charge is -2.71. The molecule has 0 heterocycles. The molecule has 196 valence electrons. The van der Waals surface area contributed by atoms with Crippen molar-refractivity contribution >= 4 is 17.5 Å². The van der Waals surface area contributed by atoms with Gasteiger partial charge in [0.2, 0.25) is 5.91 Å². The molecular formula is C31H44N2O3. The number of rotatable bonds is 1. The topological polar surface area (TPSA) is 101 Å². The van der Waals surface area contributed by atoms with Crippen LogP contribution < -0.4 is 5.73 Å². The number of carbonyl (C=O) groups is 3. The van der Waals surface area contributed by atoms with Gasteiger partial charge in [0.25, 0.3) is 0 Å². The van der Waals surface area contributed by atoms with E-state index in [0.717, 1.165) is 44.9 Å². The molecule has 0 spiro atoms. The van der Waals surface area contributed by atoms with Gasteiger partial charge < -0.3 is 5.73 Å². The molecule has 0 aromatic rings. The Morgan fingerprint density at radius 1 is 0.944 bits per heavy atom. The molecule has 0 radical (unpaired) electrons. The van der Waals surface area contributed by atoms with Gasteiger partial charge >= 0.3 is 0 Å². The summed E-state index contributed by atoms with van der Waals surface area (Å²) in [4.78, 5) is 40.6. The van der Waals surface area contributed by atoms with Crippen LogP contribution in [0.2, 0.25) is 0 Å². The fourth-order valence-corrected chi connectivity index (χ4v) is 10.7. The van der Waals surface area contributed by atoms with E-state index in [1.807, 2.05) is 19.9 Å². The van der Waals surface area contributed by atoms with Crippen LogP contribution in [0.3, 0.4) is 0 Å². The molecule has 0 aromatic heterocycles. The minimum absolute atomic E-state index is 0.0112. The molecule has 1 amide bonds. The Morgan fingerprint density at radius 3 is 2.19 bits per heavy atom. The highest BCUT2D eigenvalue weighted by atomic mass is 16.1. The van der Waals surface area contributed by atoms with Crippen LogP contribution in [0, 0.1) is 67.5 Å². The molecular weight excluding hydrogens is 448 g/mol. The second-order valence-electron chi connectivity index (χ2n) is 15.2. The number of Topliss-reactive ketones (excluding diaryl/α,β-unsaturated/α-hetero) is 2. The van der Waals surface area contributed by atoms with Crippen molar-refractivity contribution in [3.8, 4) is 6.07 Å². The zero-order valence-electron chi connectivity index (χ0n) is 23.3. The molecule has 5 aliphatic carbocycles. The molecule has 5 rings (SSSR count). The number of amides is 1. The average molecular weight is 493 g/mol. The van der Waals surface area contributed by atoms with Crippen molar-refractivity contribution in [3.05, 3.63) is 11.6 Å². The molecule has 0 bridgehead atoms. The number of hydrogen-bond acceptors (Lipinski definition) is 4. The molecule has 4 saturated carbocycles. The number of ketones is 2. The van der Waals surface area contributed by atoms with E-state index in [9.17, 15) is 19.6 Å². The Balaban J connectivity index is 1.65. The third kappa shape index (κ3) is 2.91. The Labute approximate surface area is 216 Å². The molecule has 0 aliphatic heterocycles. The summed E-state index contributed by atoms with van der Waals surface area (Å²) >= 11 is 0. The number of carbonyl (C=O) groups excluding carboxylic acids is 3. The number of hydrogen-bond donors (Lipinski definition) is 1. The highest BCUT2D eigenvalue weighted by molar-refractivity contribution is 6.04. The van der Waals surface area contributed by atoms with Crippen molar-refractivity contribution in [2.45, 2.75) is 99.8 Å². The van der Waals surface area contributed by atoms with Gasteiger partial charge in [-0.05, 0) is 84.4 Å². The van der Waals surface area contributed by atoms with Crippen LogP contribution in [0.5, 0.6) is 0 Å². The van der Waals surface area contributed by atoms with Crippen molar-refractivity contribution in [1.29, 1.82) is 5.26 Å². The van der Waals surface area contributed by atoms with Crippen LogP contribution in [0.4, 0.5) is 0 Å². The summed E-state index contributed by atoms with van der Waals surface area (Å²) in [5.41, 5.74) is 4.50. The van der Waals surface area contributed by atoms with Crippen molar-refractivity contribution in [2.75, 3.05) is 0 Å². The minimum Gasteiger partial charge on any atom is -0.369 e. The number of nitriles is 1. The third-order valence-electron chi connectivity index (χ3n) is 13.0. The summed E-state index contributed by atoms with van der Waals surface area (Å²) < 4.78 is 0. The Kier molecular flexibility index (Phi) is 5.23. The molecule has 2 N–H and O–H groups in total. The van der Waals surface area contributed by atoms with Gasteiger partial charge in [-0.3, -0.25) is 14.4 Å². The second kappa shape index (κ2) is 7.33. The van der Waals surface area contributed by atoms with Crippen molar-refractivity contribution in [3.63, 3.8) is 0 Å². The monoisotopic (exact) mass is 492 g/mol. The van der Waals surface area contributed by atoms with E-state index in [2.05, 4.69) is 40.7 Å². The summed E-state index contributed by atoms with van der Waals surface area (Å²) in [5, 5.41) is 9.86. The van der Waals surface area contributed by atoms with Gasteiger partial charge in [-0.1, -0.05) is 54.5 Å². The number of nitrogens with two attached hydrogens (primary N) is 1. The first-order valence-electron chi connectivity index (χ1n) is 14.0. The third-order valence-corrected chi connectivity index (χ3v) is 13.0. The standard InChI is InChI=1S/C31H44N2O3/c1-26(2)10-12-31(25(33)36)13-11-30(7)23(19(31)16-26)20(34)14-22-28(5)15-18(17-32)24(35)27(3,4)21(28)8-9-29(22,30)6/h15,19,21-23H,8-14,16H2,1-7H3,(H2,33,36). The molecule has 5 aliphatic rings. The van der Waals surface area contributed by atoms with Gasteiger partial charge in [0.1, 0.15) is 11.9 Å². The highest BCUT2D eigenvalue weighted by Crippen LogP contribution is 2.75. The summed E-state index contributed by atoms with van der Waals surface area (Å²) in [6, 6.07) is 2.19. The SMILES string of the molecule is CC1(C)CCC2(C(N)=O)CCC3(C)C(C(=O)CC4C5(C)C=C(C#N)C(=O)C(C)(C)C5CCC43C)C2C1. The zero-order valence-corrected chi connectivity index (χ0v) is 23.3. The van der Waals surface area contributed by atoms with Gasteiger partial charge in [0, 0.05) is 17.8 Å². The minimum atomic E-state index is -0.627. The maximum Gasteiger partial charge on any atom is 0.223 e. The lowest BCUT2D eigenvalue weighted by Crippen LogP contribution is -2.69. The fourth-order valence-electron chi connectivity index (χ4n) is 10.7. The van der Waals surface area contributed by atoms with Crippen molar-refractivity contribution in [1.82, 2.24) is 0 Å². The lowest BCUT2D eigenvalue weighted by atomic mass is 9.31. The predicted molar refractivity (Wildman–Crippen MR) is 138 cm³/mol.